The molecule has 4 nitrogen and oxygen atoms in total. The molecule has 1 saturated heterocycles. The molecule has 0 radical (unpaired) electrons. The summed E-state index contributed by atoms with van der Waals surface area (Å²) in [4.78, 5) is 20.7. The van der Waals surface area contributed by atoms with Crippen LogP contribution in [-0.2, 0) is 4.79 Å². The van der Waals surface area contributed by atoms with Crippen LogP contribution in [0.3, 0.4) is 0 Å². The van der Waals surface area contributed by atoms with Crippen LogP contribution in [-0.4, -0.2) is 11.1 Å². The van der Waals surface area contributed by atoms with Gasteiger partial charge in [-0.1, -0.05) is 60.1 Å². The molecule has 0 saturated carbocycles. The minimum Gasteiger partial charge on any atom is -0.457 e. The van der Waals surface area contributed by atoms with E-state index in [9.17, 15) is 4.79 Å². The van der Waals surface area contributed by atoms with Gasteiger partial charge in [0.1, 0.15) is 11.5 Å². The molecular weight excluding hydrogens is 476 g/mol. The Labute approximate surface area is 213 Å². The molecular formula is C29H23ClN2O2S. The maximum atomic E-state index is 13.6. The third-order valence-corrected chi connectivity index (χ3v) is 7.28. The van der Waals surface area contributed by atoms with Crippen LogP contribution in [0.1, 0.15) is 22.5 Å². The third kappa shape index (κ3) is 4.57. The highest BCUT2D eigenvalue weighted by molar-refractivity contribution is 8.19. The minimum atomic E-state index is -0.136. The fourth-order valence-corrected chi connectivity index (χ4v) is 5.15. The van der Waals surface area contributed by atoms with E-state index in [0.717, 1.165) is 33.6 Å². The van der Waals surface area contributed by atoms with Crippen LogP contribution in [0.2, 0.25) is 5.02 Å². The quantitative estimate of drug-likeness (QED) is 0.266. The van der Waals surface area contributed by atoms with Crippen LogP contribution in [0, 0.1) is 20.8 Å². The van der Waals surface area contributed by atoms with Crippen LogP contribution < -0.4 is 4.90 Å². The summed E-state index contributed by atoms with van der Waals surface area (Å²) in [6.07, 6.45) is 1.78. The molecule has 6 heteroatoms. The number of rotatable bonds is 4. The van der Waals surface area contributed by atoms with Crippen molar-refractivity contribution in [2.45, 2.75) is 20.8 Å². The van der Waals surface area contributed by atoms with Crippen molar-refractivity contribution < 1.29 is 9.21 Å². The molecule has 174 valence electrons. The van der Waals surface area contributed by atoms with Gasteiger partial charge in [-0.05, 0) is 79.6 Å². The lowest BCUT2D eigenvalue weighted by Crippen LogP contribution is -2.28. The second-order valence-corrected chi connectivity index (χ2v) is 9.75. The van der Waals surface area contributed by atoms with Gasteiger partial charge in [0, 0.05) is 16.7 Å². The first-order valence-corrected chi connectivity index (χ1v) is 12.4. The van der Waals surface area contributed by atoms with E-state index in [2.05, 4.69) is 0 Å². The van der Waals surface area contributed by atoms with E-state index < -0.39 is 0 Å². The van der Waals surface area contributed by atoms with Crippen LogP contribution >= 0.6 is 23.4 Å². The Morgan fingerprint density at radius 3 is 2.34 bits per heavy atom. The summed E-state index contributed by atoms with van der Waals surface area (Å²) in [6.45, 7) is 6.02. The van der Waals surface area contributed by atoms with Crippen molar-refractivity contribution in [1.82, 2.24) is 0 Å². The van der Waals surface area contributed by atoms with Crippen LogP contribution in [0.4, 0.5) is 11.4 Å². The van der Waals surface area contributed by atoms with E-state index in [1.807, 2.05) is 99.6 Å². The number of anilines is 1. The highest BCUT2D eigenvalue weighted by atomic mass is 35.5. The first-order valence-electron chi connectivity index (χ1n) is 11.2. The van der Waals surface area contributed by atoms with E-state index in [-0.39, 0.29) is 5.91 Å². The number of carbonyl (C=O) groups is 1. The minimum absolute atomic E-state index is 0.136. The molecule has 0 unspecified atom stereocenters. The summed E-state index contributed by atoms with van der Waals surface area (Å²) in [5, 5.41) is 1.30. The zero-order valence-corrected chi connectivity index (χ0v) is 21.2. The van der Waals surface area contributed by atoms with Crippen LogP contribution in [0.25, 0.3) is 17.4 Å². The number of amidine groups is 1. The predicted molar refractivity (Wildman–Crippen MR) is 146 cm³/mol. The summed E-state index contributed by atoms with van der Waals surface area (Å²) in [7, 11) is 0. The van der Waals surface area contributed by atoms with E-state index in [4.69, 9.17) is 21.0 Å². The number of halogens is 1. The molecule has 1 aromatic heterocycles. The Morgan fingerprint density at radius 1 is 0.886 bits per heavy atom. The smallest absolute Gasteiger partial charge is 0.271 e. The van der Waals surface area contributed by atoms with E-state index >= 15 is 0 Å². The summed E-state index contributed by atoms with van der Waals surface area (Å²) < 4.78 is 6.09. The van der Waals surface area contributed by atoms with Crippen molar-refractivity contribution in [2.75, 3.05) is 4.90 Å². The summed E-state index contributed by atoms with van der Waals surface area (Å²) in [5.41, 5.74) is 5.64. The summed E-state index contributed by atoms with van der Waals surface area (Å²) in [6, 6.07) is 25.1. The number of hydrogen-bond acceptors (Lipinski definition) is 4. The van der Waals surface area contributed by atoms with Crippen LogP contribution in [0.15, 0.2) is 93.2 Å². The predicted octanol–water partition coefficient (Wildman–Crippen LogP) is 8.33. The van der Waals surface area contributed by atoms with E-state index in [1.54, 1.807) is 11.0 Å². The van der Waals surface area contributed by atoms with Gasteiger partial charge in [-0.15, -0.1) is 0 Å². The lowest BCUT2D eigenvalue weighted by molar-refractivity contribution is -0.113. The highest BCUT2D eigenvalue weighted by Crippen LogP contribution is 2.39. The Hall–Kier alpha value is -3.54. The molecule has 5 rings (SSSR count). The molecule has 1 aliphatic heterocycles. The Balaban J connectivity index is 1.55. The van der Waals surface area contributed by atoms with Gasteiger partial charge in [-0.3, -0.25) is 9.69 Å². The van der Waals surface area contributed by atoms with Gasteiger partial charge < -0.3 is 4.42 Å². The molecule has 1 fully saturated rings. The topological polar surface area (TPSA) is 45.8 Å². The van der Waals surface area contributed by atoms with E-state index in [0.29, 0.717) is 26.6 Å². The maximum Gasteiger partial charge on any atom is 0.271 e. The number of aliphatic imine (C=N–C) groups is 1. The Morgan fingerprint density at radius 2 is 1.60 bits per heavy atom. The SMILES string of the molecule is Cc1cccc(C)c1N=C1S/C(=C\c2ccc(-c3cccc(Cl)c3C)o2)C(=O)N1c1ccccc1. The number of aryl methyl sites for hydroxylation is 2. The maximum absolute atomic E-state index is 13.6. The molecule has 4 aromatic rings. The molecule has 1 amide bonds. The van der Waals surface area contributed by atoms with Gasteiger partial charge in [-0.25, -0.2) is 4.99 Å². The number of para-hydroxylation sites is 2. The second kappa shape index (κ2) is 9.61. The molecule has 35 heavy (non-hydrogen) atoms. The van der Waals surface area contributed by atoms with Crippen molar-refractivity contribution in [3.63, 3.8) is 0 Å². The average Bonchev–Trinajstić information content (AvgIpc) is 3.43. The zero-order chi connectivity index (χ0) is 24.5. The molecule has 0 N–H and O–H groups in total. The van der Waals surface area contributed by atoms with Crippen LogP contribution in [0.5, 0.6) is 0 Å². The standard InChI is InChI=1S/C29H23ClN2O2S/c1-18-9-7-10-19(2)27(18)31-29-32(21-11-5-4-6-12-21)28(33)26(35-29)17-22-15-16-25(34-22)23-13-8-14-24(30)20(23)3/h4-17H,1-3H3/b26-17-,31-29?. The first-order chi connectivity index (χ1) is 16.9. The van der Waals surface area contributed by atoms with Gasteiger partial charge in [0.25, 0.3) is 5.91 Å². The van der Waals surface area contributed by atoms with E-state index in [1.165, 1.54) is 11.8 Å². The van der Waals surface area contributed by atoms with Gasteiger partial charge in [0.2, 0.25) is 0 Å². The Bertz CT molecular complexity index is 1470. The largest absolute Gasteiger partial charge is 0.457 e. The number of carbonyl (C=O) groups excluding carboxylic acids is 1. The molecule has 1 aliphatic rings. The number of amides is 1. The first kappa shape index (κ1) is 23.2. The number of hydrogen-bond donors (Lipinski definition) is 0. The number of benzene rings is 3. The fraction of sp³-hybridized carbons (Fsp3) is 0.103. The second-order valence-electron chi connectivity index (χ2n) is 8.34. The molecule has 0 spiro atoms. The van der Waals surface area contributed by atoms with Crippen molar-refractivity contribution in [3.8, 4) is 11.3 Å². The summed E-state index contributed by atoms with van der Waals surface area (Å²) in [5.74, 6) is 1.16. The number of furan rings is 1. The normalized spacial score (nSPS) is 16.0. The highest BCUT2D eigenvalue weighted by Gasteiger charge is 2.35. The lowest BCUT2D eigenvalue weighted by atomic mass is 10.1. The van der Waals surface area contributed by atoms with Crippen molar-refractivity contribution in [1.29, 1.82) is 0 Å². The number of nitrogens with zero attached hydrogens (tertiary/aromatic N) is 2. The van der Waals surface area contributed by atoms with Gasteiger partial charge in [-0.2, -0.15) is 0 Å². The van der Waals surface area contributed by atoms with Gasteiger partial charge >= 0.3 is 0 Å². The molecule has 0 bridgehead atoms. The summed E-state index contributed by atoms with van der Waals surface area (Å²) >= 11 is 7.63. The Kier molecular flexibility index (Phi) is 6.37. The number of thioether (sulfide) groups is 1. The molecule has 2 heterocycles. The fourth-order valence-electron chi connectivity index (χ4n) is 4.01. The molecule has 0 aliphatic carbocycles. The van der Waals surface area contributed by atoms with Gasteiger partial charge in [0.15, 0.2) is 5.17 Å². The average molecular weight is 499 g/mol. The lowest BCUT2D eigenvalue weighted by Gasteiger charge is -2.16. The van der Waals surface area contributed by atoms with Gasteiger partial charge in [0.05, 0.1) is 16.3 Å². The third-order valence-electron chi connectivity index (χ3n) is 5.90. The molecule has 3 aromatic carbocycles. The molecule has 0 atom stereocenters. The van der Waals surface area contributed by atoms with Crippen molar-refractivity contribution in [3.05, 3.63) is 111 Å². The monoisotopic (exact) mass is 498 g/mol. The zero-order valence-electron chi connectivity index (χ0n) is 19.6. The van der Waals surface area contributed by atoms with Crippen molar-refractivity contribution in [2.24, 2.45) is 4.99 Å². The van der Waals surface area contributed by atoms with Crippen molar-refractivity contribution >= 4 is 51.9 Å².